The van der Waals surface area contributed by atoms with Gasteiger partial charge in [-0.15, -0.1) is 11.8 Å². The van der Waals surface area contributed by atoms with Crippen molar-refractivity contribution in [3.8, 4) is 0 Å². The Hall–Kier alpha value is -2.33. The number of hydrogen-bond donors (Lipinski definition) is 3. The van der Waals surface area contributed by atoms with Crippen molar-refractivity contribution >= 4 is 63.4 Å². The Bertz CT molecular complexity index is 1190. The van der Waals surface area contributed by atoms with Crippen molar-refractivity contribution in [2.75, 3.05) is 0 Å². The Labute approximate surface area is 231 Å². The molecule has 2 saturated heterocycles. The van der Waals surface area contributed by atoms with Crippen LogP contribution < -0.4 is 5.32 Å². The zero-order valence-corrected chi connectivity index (χ0v) is 23.2. The number of β-lactam (4-membered cyclic amide) rings is 1. The first-order valence-corrected chi connectivity index (χ1v) is 13.9. The molecule has 2 aliphatic heterocycles. The number of carboxylic acid groups (broad SMARTS) is 2. The summed E-state index contributed by atoms with van der Waals surface area (Å²) in [5.41, 5.74) is 3.54. The van der Waals surface area contributed by atoms with Gasteiger partial charge < -0.3 is 20.4 Å². The summed E-state index contributed by atoms with van der Waals surface area (Å²) >= 11 is 2.62. The first kappa shape index (κ1) is 26.7. The van der Waals surface area contributed by atoms with Gasteiger partial charge in [-0.05, 0) is 19.4 Å². The summed E-state index contributed by atoms with van der Waals surface area (Å²) in [6, 6.07) is 15.0. The van der Waals surface area contributed by atoms with Crippen molar-refractivity contribution in [1.29, 1.82) is 0 Å². The van der Waals surface area contributed by atoms with Gasteiger partial charge in [0.15, 0.2) is 5.92 Å². The van der Waals surface area contributed by atoms with Gasteiger partial charge in [-0.1, -0.05) is 30.3 Å². The van der Waals surface area contributed by atoms with Crippen LogP contribution in [0.15, 0.2) is 54.6 Å². The Morgan fingerprint density at radius 1 is 1.08 bits per heavy atom. The fourth-order valence-corrected chi connectivity index (χ4v) is 7.68. The van der Waals surface area contributed by atoms with Crippen LogP contribution in [-0.2, 0) is 25.6 Å². The molecule has 3 aliphatic rings. The van der Waals surface area contributed by atoms with Crippen LogP contribution in [0.2, 0.25) is 0 Å². The number of hydrogen-bond acceptors (Lipinski definition) is 5. The summed E-state index contributed by atoms with van der Waals surface area (Å²) < 4.78 is 0.230. The Balaban J connectivity index is 0.000000251. The Kier molecular flexibility index (Phi) is 7.85. The van der Waals surface area contributed by atoms with E-state index in [1.165, 1.54) is 69.6 Å². The molecular formula is C26H27N2NaO6S. The quantitative estimate of drug-likeness (QED) is 0.315. The number of carbonyl (C=O) groups excluding carboxylic acids is 2. The number of nitrogens with zero attached hydrogens (tertiary/aromatic N) is 1. The molecule has 3 N–H and O–H groups in total. The van der Waals surface area contributed by atoms with Crippen LogP contribution in [0, 0.1) is 0 Å². The van der Waals surface area contributed by atoms with E-state index in [1.807, 2.05) is 0 Å². The molecule has 1 aliphatic carbocycles. The second kappa shape index (κ2) is 10.6. The number of aryl methyl sites for hydroxylation is 1. The van der Waals surface area contributed by atoms with Gasteiger partial charge >= 0.3 is 91.3 Å². The number of benzene rings is 2. The van der Waals surface area contributed by atoms with E-state index < -0.39 is 51.9 Å². The standard InChI is InChI=1S/C17H18N2O6S.C9H9.Na/c1-17(2)11(16(24)25)19-13(21)10(14(19)26-17)18-12(20)9(15(22)23)8-6-4-3-5-7-8;1-2-5-9-7-3-6-8(9)4-1;/h3-7,9-11,14H,1-2H3,(H,18,20)(H,22,23)(H,24,25);1-2,4-6H,3,7H2;/t9?,10-,11+,14-;;/m1../s1. The average Bonchev–Trinajstić information content (AvgIpc) is 3.33. The maximum atomic E-state index is 12.5. The van der Waals surface area contributed by atoms with Crippen molar-refractivity contribution in [3.63, 3.8) is 0 Å². The first-order chi connectivity index (χ1) is 17.0. The third-order valence-corrected chi connectivity index (χ3v) is 9.82. The second-order valence-corrected chi connectivity index (χ2v) is 13.1. The summed E-state index contributed by atoms with van der Waals surface area (Å²) in [4.78, 5) is 49.2. The number of amides is 2. The number of rotatable bonds is 5. The van der Waals surface area contributed by atoms with Gasteiger partial charge in [0.05, 0.1) is 0 Å². The third-order valence-electron chi connectivity index (χ3n) is 7.05. The predicted molar refractivity (Wildman–Crippen MR) is 136 cm³/mol. The van der Waals surface area contributed by atoms with E-state index in [0.29, 0.717) is 5.56 Å². The van der Waals surface area contributed by atoms with Crippen LogP contribution in [0.3, 0.4) is 0 Å². The van der Waals surface area contributed by atoms with Crippen molar-refractivity contribution in [2.45, 2.75) is 58.0 Å². The van der Waals surface area contributed by atoms with Crippen LogP contribution >= 0.6 is 11.8 Å². The van der Waals surface area contributed by atoms with Crippen LogP contribution in [0.5, 0.6) is 0 Å². The molecular weight excluding hydrogens is 491 g/mol. The van der Waals surface area contributed by atoms with Crippen molar-refractivity contribution < 1.29 is 29.4 Å². The van der Waals surface area contributed by atoms with E-state index in [0.717, 1.165) is 3.17 Å². The fourth-order valence-electron chi connectivity index (χ4n) is 5.20. The molecule has 0 aromatic heterocycles. The molecule has 2 heterocycles. The SMILES string of the molecule is CC1(C)S[C@@H]2[C@H](NC(=O)C(C(=O)O)c3ccccc3)C(=O)N2[C@H]1C(=O)O.[Na][CH]1CCc2ccccc21. The van der Waals surface area contributed by atoms with Gasteiger partial charge in [0.1, 0.15) is 17.5 Å². The summed E-state index contributed by atoms with van der Waals surface area (Å²) in [5.74, 6) is -5.16. The Morgan fingerprint density at radius 3 is 2.33 bits per heavy atom. The molecule has 0 spiro atoms. The van der Waals surface area contributed by atoms with Crippen molar-refractivity contribution in [3.05, 3.63) is 71.3 Å². The second-order valence-electron chi connectivity index (χ2n) is 9.90. The molecule has 2 aromatic rings. The first-order valence-electron chi connectivity index (χ1n) is 11.9. The molecule has 36 heavy (non-hydrogen) atoms. The molecule has 5 atom stereocenters. The molecule has 2 fully saturated rings. The minimum absolute atomic E-state index is 0.309. The van der Waals surface area contributed by atoms with Gasteiger partial charge in [0.2, 0.25) is 11.8 Å². The number of carboxylic acids is 2. The fraction of sp³-hybridized carbons (Fsp3) is 0.385. The predicted octanol–water partition coefficient (Wildman–Crippen LogP) is 2.33. The van der Waals surface area contributed by atoms with Crippen molar-refractivity contribution in [2.24, 2.45) is 0 Å². The van der Waals surface area contributed by atoms with Gasteiger partial charge in [-0.2, -0.15) is 0 Å². The summed E-state index contributed by atoms with van der Waals surface area (Å²) in [5, 5.41) is 20.8. The van der Waals surface area contributed by atoms with E-state index in [-0.39, 0.29) is 0 Å². The minimum atomic E-state index is -1.44. The molecule has 184 valence electrons. The molecule has 2 aromatic carbocycles. The topological polar surface area (TPSA) is 124 Å². The van der Waals surface area contributed by atoms with Crippen LogP contribution in [0.4, 0.5) is 0 Å². The molecule has 5 rings (SSSR count). The molecule has 0 saturated carbocycles. The summed E-state index contributed by atoms with van der Waals surface area (Å²) in [7, 11) is 0. The number of aliphatic carboxylic acids is 2. The summed E-state index contributed by atoms with van der Waals surface area (Å²) in [6.07, 6.45) is 2.73. The number of nitrogens with one attached hydrogen (secondary N) is 1. The molecule has 8 nitrogen and oxygen atoms in total. The van der Waals surface area contributed by atoms with Gasteiger partial charge in [0.25, 0.3) is 0 Å². The monoisotopic (exact) mass is 518 g/mol. The number of fused-ring (bicyclic) bond motifs is 2. The maximum absolute atomic E-state index is 12.5. The van der Waals surface area contributed by atoms with Crippen LogP contribution in [-0.4, -0.2) is 89.0 Å². The van der Waals surface area contributed by atoms with E-state index in [9.17, 15) is 29.4 Å². The van der Waals surface area contributed by atoms with E-state index in [4.69, 9.17) is 0 Å². The number of carbonyl (C=O) groups is 4. The van der Waals surface area contributed by atoms with E-state index in [2.05, 4.69) is 29.6 Å². The zero-order valence-electron chi connectivity index (χ0n) is 20.4. The average molecular weight is 519 g/mol. The van der Waals surface area contributed by atoms with Gasteiger partial charge in [-0.3, -0.25) is 14.4 Å². The Morgan fingerprint density at radius 2 is 1.72 bits per heavy atom. The molecule has 10 heteroatoms. The molecule has 2 unspecified atom stereocenters. The summed E-state index contributed by atoms with van der Waals surface area (Å²) in [6.45, 7) is 3.45. The third kappa shape index (κ3) is 5.07. The van der Waals surface area contributed by atoms with Crippen LogP contribution in [0.1, 0.15) is 46.0 Å². The molecule has 0 bridgehead atoms. The van der Waals surface area contributed by atoms with E-state index >= 15 is 0 Å². The van der Waals surface area contributed by atoms with Gasteiger partial charge in [0, 0.05) is 4.75 Å². The van der Waals surface area contributed by atoms with E-state index in [1.54, 1.807) is 43.2 Å². The molecule has 0 radical (unpaired) electrons. The van der Waals surface area contributed by atoms with Crippen molar-refractivity contribution in [1.82, 2.24) is 10.2 Å². The molecule has 2 amide bonds. The normalized spacial score (nSPS) is 26.0. The van der Waals surface area contributed by atoms with Gasteiger partial charge in [-0.25, -0.2) is 4.79 Å². The van der Waals surface area contributed by atoms with Crippen LogP contribution in [0.25, 0.3) is 0 Å². The number of thioether (sulfide) groups is 1. The zero-order chi connectivity index (χ0) is 26.2.